The highest BCUT2D eigenvalue weighted by molar-refractivity contribution is 7.14. The van der Waals surface area contributed by atoms with E-state index in [9.17, 15) is 9.90 Å². The minimum atomic E-state index is -0.290. The number of rotatable bonds is 3. The molecule has 0 fully saturated rings. The fourth-order valence-corrected chi connectivity index (χ4v) is 3.87. The Morgan fingerprint density at radius 1 is 0.966 bits per heavy atom. The van der Waals surface area contributed by atoms with Crippen LogP contribution in [-0.2, 0) is 10.8 Å². The van der Waals surface area contributed by atoms with Gasteiger partial charge in [-0.3, -0.25) is 10.1 Å². The lowest BCUT2D eigenvalue weighted by Gasteiger charge is -2.28. The highest BCUT2D eigenvalue weighted by Gasteiger charge is 2.28. The molecule has 0 aliphatic rings. The quantitative estimate of drug-likeness (QED) is 0.530. The largest absolute Gasteiger partial charge is 0.507 e. The van der Waals surface area contributed by atoms with E-state index in [0.29, 0.717) is 10.7 Å². The standard InChI is InChI=1S/C24H28N2O2S/c1-23(2,3)17-12-16(13-18(20(17)27)24(4,5)6)21(28)26-22-25-19(14-29-22)15-10-8-7-9-11-15/h7-14,27H,1-6H3,(H,25,26,28). The minimum absolute atomic E-state index is 0.227. The van der Waals surface area contributed by atoms with E-state index >= 15 is 0 Å². The Morgan fingerprint density at radius 2 is 1.52 bits per heavy atom. The van der Waals surface area contributed by atoms with Gasteiger partial charge in [-0.15, -0.1) is 11.3 Å². The third-order valence-electron chi connectivity index (χ3n) is 4.78. The summed E-state index contributed by atoms with van der Waals surface area (Å²) in [4.78, 5) is 17.5. The first-order valence-electron chi connectivity index (χ1n) is 9.67. The Morgan fingerprint density at radius 3 is 2.03 bits per heavy atom. The first kappa shape index (κ1) is 21.1. The van der Waals surface area contributed by atoms with Crippen molar-refractivity contribution in [2.24, 2.45) is 0 Å². The summed E-state index contributed by atoms with van der Waals surface area (Å²) in [5.74, 6) is 0.0390. The molecule has 0 aliphatic carbocycles. The number of aromatic hydroxyl groups is 1. The van der Waals surface area contributed by atoms with Crippen LogP contribution in [0.1, 0.15) is 63.0 Å². The van der Waals surface area contributed by atoms with Crippen molar-refractivity contribution in [3.63, 3.8) is 0 Å². The van der Waals surface area contributed by atoms with Crippen molar-refractivity contribution >= 4 is 22.4 Å². The number of hydrogen-bond donors (Lipinski definition) is 2. The number of aromatic nitrogens is 1. The van der Waals surface area contributed by atoms with Crippen LogP contribution in [0.5, 0.6) is 5.75 Å². The lowest BCUT2D eigenvalue weighted by Crippen LogP contribution is -2.20. The van der Waals surface area contributed by atoms with E-state index in [1.54, 1.807) is 12.1 Å². The van der Waals surface area contributed by atoms with Crippen LogP contribution in [0, 0.1) is 0 Å². The number of carbonyl (C=O) groups excluding carboxylic acids is 1. The Bertz CT molecular complexity index is 990. The van der Waals surface area contributed by atoms with Gasteiger partial charge in [-0.2, -0.15) is 0 Å². The molecule has 0 bridgehead atoms. The van der Waals surface area contributed by atoms with Crippen molar-refractivity contribution in [3.8, 4) is 17.0 Å². The molecule has 29 heavy (non-hydrogen) atoms. The molecule has 3 rings (SSSR count). The Hall–Kier alpha value is -2.66. The molecule has 1 aromatic heterocycles. The number of amides is 1. The smallest absolute Gasteiger partial charge is 0.257 e. The maximum Gasteiger partial charge on any atom is 0.257 e. The Kier molecular flexibility index (Phi) is 5.54. The first-order chi connectivity index (χ1) is 13.5. The second kappa shape index (κ2) is 7.64. The second-order valence-corrected chi connectivity index (χ2v) is 10.1. The van der Waals surface area contributed by atoms with Crippen molar-refractivity contribution in [2.75, 3.05) is 5.32 Å². The predicted octanol–water partition coefficient (Wildman–Crippen LogP) is 6.36. The first-order valence-corrected chi connectivity index (χ1v) is 10.5. The number of nitrogens with zero attached hydrogens (tertiary/aromatic N) is 1. The van der Waals surface area contributed by atoms with Gasteiger partial charge < -0.3 is 5.11 Å². The summed E-state index contributed by atoms with van der Waals surface area (Å²) in [5, 5.41) is 16.2. The van der Waals surface area contributed by atoms with E-state index in [2.05, 4.69) is 10.3 Å². The topological polar surface area (TPSA) is 62.2 Å². The summed E-state index contributed by atoms with van der Waals surface area (Å²) < 4.78 is 0. The average molecular weight is 409 g/mol. The van der Waals surface area contributed by atoms with Crippen LogP contribution < -0.4 is 5.32 Å². The monoisotopic (exact) mass is 408 g/mol. The molecule has 4 nitrogen and oxygen atoms in total. The second-order valence-electron chi connectivity index (χ2n) is 9.28. The van der Waals surface area contributed by atoms with Gasteiger partial charge in [0.05, 0.1) is 5.69 Å². The summed E-state index contributed by atoms with van der Waals surface area (Å²) in [6.07, 6.45) is 0. The Balaban J connectivity index is 1.94. The summed E-state index contributed by atoms with van der Waals surface area (Å²) >= 11 is 1.40. The fraction of sp³-hybridized carbons (Fsp3) is 0.333. The van der Waals surface area contributed by atoms with Gasteiger partial charge in [-0.1, -0.05) is 71.9 Å². The van der Waals surface area contributed by atoms with Gasteiger partial charge >= 0.3 is 0 Å². The van der Waals surface area contributed by atoms with Crippen LogP contribution in [-0.4, -0.2) is 16.0 Å². The number of nitrogens with one attached hydrogen (secondary N) is 1. The van der Waals surface area contributed by atoms with E-state index in [1.807, 2.05) is 77.3 Å². The summed E-state index contributed by atoms with van der Waals surface area (Å²) in [7, 11) is 0. The maximum atomic E-state index is 13.0. The third kappa shape index (κ3) is 4.67. The zero-order valence-corrected chi connectivity index (χ0v) is 18.6. The molecule has 152 valence electrons. The van der Waals surface area contributed by atoms with Crippen molar-refractivity contribution in [3.05, 3.63) is 64.5 Å². The number of phenolic OH excluding ortho intramolecular Hbond substituents is 1. The van der Waals surface area contributed by atoms with E-state index < -0.39 is 0 Å². The highest BCUT2D eigenvalue weighted by Crippen LogP contribution is 2.40. The zero-order valence-electron chi connectivity index (χ0n) is 17.8. The number of benzene rings is 2. The fourth-order valence-electron chi connectivity index (χ4n) is 3.15. The van der Waals surface area contributed by atoms with Gasteiger partial charge in [0.25, 0.3) is 5.91 Å². The van der Waals surface area contributed by atoms with Gasteiger partial charge in [0.2, 0.25) is 0 Å². The van der Waals surface area contributed by atoms with Crippen LogP contribution in [0.15, 0.2) is 47.8 Å². The van der Waals surface area contributed by atoms with Crippen LogP contribution in [0.2, 0.25) is 0 Å². The molecule has 0 unspecified atom stereocenters. The van der Waals surface area contributed by atoms with Gasteiger partial charge in [-0.25, -0.2) is 4.98 Å². The molecule has 0 saturated heterocycles. The van der Waals surface area contributed by atoms with Crippen molar-refractivity contribution < 1.29 is 9.90 Å². The van der Waals surface area contributed by atoms with E-state index in [0.717, 1.165) is 22.4 Å². The summed E-state index contributed by atoms with van der Waals surface area (Å²) in [6, 6.07) is 13.4. The highest BCUT2D eigenvalue weighted by atomic mass is 32.1. The zero-order chi connectivity index (χ0) is 21.4. The van der Waals surface area contributed by atoms with Gasteiger partial charge in [0.15, 0.2) is 5.13 Å². The maximum absolute atomic E-state index is 13.0. The third-order valence-corrected chi connectivity index (χ3v) is 5.54. The lowest BCUT2D eigenvalue weighted by molar-refractivity contribution is 0.102. The molecule has 0 spiro atoms. The molecule has 2 N–H and O–H groups in total. The average Bonchev–Trinajstić information content (AvgIpc) is 3.09. The van der Waals surface area contributed by atoms with Gasteiger partial charge in [0.1, 0.15) is 5.75 Å². The summed E-state index contributed by atoms with van der Waals surface area (Å²) in [6.45, 7) is 12.2. The SMILES string of the molecule is CC(C)(C)c1cc(C(=O)Nc2nc(-c3ccccc3)cs2)cc(C(C)(C)C)c1O. The molecule has 1 amide bonds. The van der Waals surface area contributed by atoms with Crippen LogP contribution in [0.4, 0.5) is 5.13 Å². The molecule has 0 aliphatic heterocycles. The van der Waals surface area contributed by atoms with Crippen LogP contribution >= 0.6 is 11.3 Å². The van der Waals surface area contributed by atoms with Crippen LogP contribution in [0.25, 0.3) is 11.3 Å². The lowest BCUT2D eigenvalue weighted by atomic mass is 9.78. The number of phenols is 1. The van der Waals surface area contributed by atoms with Gasteiger partial charge in [0, 0.05) is 27.6 Å². The van der Waals surface area contributed by atoms with Crippen molar-refractivity contribution in [1.82, 2.24) is 4.98 Å². The summed E-state index contributed by atoms with van der Waals surface area (Å²) in [5.41, 5.74) is 3.32. The molecule has 0 saturated carbocycles. The molecular weight excluding hydrogens is 380 g/mol. The molecule has 5 heteroatoms. The van der Waals surface area contributed by atoms with Gasteiger partial charge in [-0.05, 0) is 23.0 Å². The number of hydrogen-bond acceptors (Lipinski definition) is 4. The molecule has 0 radical (unpaired) electrons. The van der Waals surface area contributed by atoms with Crippen LogP contribution in [0.3, 0.4) is 0 Å². The van der Waals surface area contributed by atoms with Crippen molar-refractivity contribution in [2.45, 2.75) is 52.4 Å². The van der Waals surface area contributed by atoms with E-state index in [4.69, 9.17) is 0 Å². The number of anilines is 1. The molecular formula is C24H28N2O2S. The Labute approximate surface area is 176 Å². The molecule has 3 aromatic rings. The van der Waals surface area contributed by atoms with E-state index in [-0.39, 0.29) is 22.5 Å². The molecule has 2 aromatic carbocycles. The molecule has 0 atom stereocenters. The predicted molar refractivity (Wildman–Crippen MR) is 121 cm³/mol. The normalized spacial score (nSPS) is 12.1. The number of thiazole rings is 1. The van der Waals surface area contributed by atoms with E-state index in [1.165, 1.54) is 11.3 Å². The molecule has 1 heterocycles. The minimum Gasteiger partial charge on any atom is -0.507 e. The van der Waals surface area contributed by atoms with Crippen molar-refractivity contribution in [1.29, 1.82) is 0 Å². The number of carbonyl (C=O) groups is 1.